The average Bonchev–Trinajstić information content (AvgIpc) is 3.48. The molecule has 1 saturated heterocycles. The number of ether oxygens (including phenoxy) is 3. The summed E-state index contributed by atoms with van der Waals surface area (Å²) >= 11 is 0. The molecular formula is C71H125NO10. The molecule has 0 aromatic rings. The predicted molar refractivity (Wildman–Crippen MR) is 342 cm³/mol. The lowest BCUT2D eigenvalue weighted by Gasteiger charge is -2.41. The minimum Gasteiger partial charge on any atom is -0.454 e. The second kappa shape index (κ2) is 58.2. The standard InChI is InChI=1S/C71H125NO10/c1-4-7-10-13-16-19-22-25-27-28-29-30-31-32-33-34-35-36-37-38-39-41-44-47-50-53-56-59-66(76)82-69-68(78)67(77)65(60-73)81-71(69)80-61-62(63(74)57-54-51-48-45-42-24-21-18-15-12-9-6-3)72-70(79)64(75)58-55-52-49-46-43-40-26-23-20-17-14-11-8-5-2/h7,10,16,19,25,27,29-30,32-33,35-36,54,57,62-65,67-69,71,73-75,77-78H,4-6,8-9,11-15,17-18,20-24,26,28,31,34,37-53,55-56,58-61H2,1-3H3,(H,72,79)/b10-7-,19-16-,27-25-,30-29-,33-32-,36-35-,57-54+. The van der Waals surface area contributed by atoms with Gasteiger partial charge in [-0.2, -0.15) is 0 Å². The van der Waals surface area contributed by atoms with E-state index >= 15 is 0 Å². The molecular weight excluding hydrogens is 1030 g/mol. The lowest BCUT2D eigenvalue weighted by atomic mass is 9.99. The molecule has 0 aromatic carbocycles. The maximum absolute atomic E-state index is 13.4. The monoisotopic (exact) mass is 1150 g/mol. The Morgan fingerprint density at radius 1 is 0.488 bits per heavy atom. The normalized spacial score (nSPS) is 19.1. The van der Waals surface area contributed by atoms with Gasteiger partial charge in [-0.3, -0.25) is 9.59 Å². The second-order valence-electron chi connectivity index (χ2n) is 23.2. The van der Waals surface area contributed by atoms with Gasteiger partial charge >= 0.3 is 5.97 Å². The van der Waals surface area contributed by atoms with Gasteiger partial charge in [0.25, 0.3) is 0 Å². The molecule has 82 heavy (non-hydrogen) atoms. The van der Waals surface area contributed by atoms with E-state index in [1.165, 1.54) is 135 Å². The molecule has 8 atom stereocenters. The molecule has 1 rings (SSSR count). The number of aliphatic hydroxyl groups excluding tert-OH is 5. The van der Waals surface area contributed by atoms with Crippen molar-refractivity contribution in [2.75, 3.05) is 13.2 Å². The Labute approximate surface area is 502 Å². The fourth-order valence-electron chi connectivity index (χ4n) is 10.2. The van der Waals surface area contributed by atoms with Crippen molar-refractivity contribution in [3.05, 3.63) is 85.1 Å². The molecule has 1 fully saturated rings. The van der Waals surface area contributed by atoms with Crippen LogP contribution in [0.4, 0.5) is 0 Å². The molecule has 474 valence electrons. The number of unbranched alkanes of at least 4 members (excludes halogenated alkanes) is 31. The molecule has 1 amide bonds. The van der Waals surface area contributed by atoms with E-state index < -0.39 is 67.4 Å². The topological polar surface area (TPSA) is 175 Å². The summed E-state index contributed by atoms with van der Waals surface area (Å²) in [5.41, 5.74) is 0. The van der Waals surface area contributed by atoms with Crippen LogP contribution in [0.3, 0.4) is 0 Å². The van der Waals surface area contributed by atoms with Gasteiger partial charge < -0.3 is 45.1 Å². The summed E-state index contributed by atoms with van der Waals surface area (Å²) < 4.78 is 17.7. The van der Waals surface area contributed by atoms with Crippen LogP contribution in [0.25, 0.3) is 0 Å². The first-order valence-electron chi connectivity index (χ1n) is 33.9. The van der Waals surface area contributed by atoms with Crippen molar-refractivity contribution in [1.82, 2.24) is 5.32 Å². The summed E-state index contributed by atoms with van der Waals surface area (Å²) in [5.74, 6) is -1.20. The first-order chi connectivity index (χ1) is 40.2. The van der Waals surface area contributed by atoms with Gasteiger partial charge in [-0.15, -0.1) is 0 Å². The lowest BCUT2D eigenvalue weighted by Crippen LogP contribution is -2.61. The Bertz CT molecular complexity index is 1660. The van der Waals surface area contributed by atoms with Gasteiger partial charge in [-0.25, -0.2) is 0 Å². The van der Waals surface area contributed by atoms with Gasteiger partial charge in [0.1, 0.15) is 24.4 Å². The van der Waals surface area contributed by atoms with Gasteiger partial charge in [-0.1, -0.05) is 292 Å². The zero-order valence-electron chi connectivity index (χ0n) is 52.6. The molecule has 6 N–H and O–H groups in total. The fraction of sp³-hybridized carbons (Fsp3) is 0.775. The van der Waals surface area contributed by atoms with Crippen LogP contribution in [0.15, 0.2) is 85.1 Å². The van der Waals surface area contributed by atoms with E-state index in [4.69, 9.17) is 14.2 Å². The van der Waals surface area contributed by atoms with Crippen LogP contribution >= 0.6 is 0 Å². The number of carbonyl (C=O) groups excluding carboxylic acids is 2. The Kier molecular flexibility index (Phi) is 54.6. The van der Waals surface area contributed by atoms with Crippen LogP contribution in [-0.2, 0) is 23.8 Å². The number of amides is 1. The molecule has 0 saturated carbocycles. The van der Waals surface area contributed by atoms with Crippen LogP contribution in [0, 0.1) is 0 Å². The Balaban J connectivity index is 2.58. The maximum atomic E-state index is 13.4. The molecule has 1 aliphatic rings. The summed E-state index contributed by atoms with van der Waals surface area (Å²) in [4.78, 5) is 26.6. The number of esters is 1. The first kappa shape index (κ1) is 76.9. The van der Waals surface area contributed by atoms with Crippen LogP contribution < -0.4 is 5.32 Å². The summed E-state index contributed by atoms with van der Waals surface area (Å²) in [6.07, 6.45) is 66.2. The molecule has 11 nitrogen and oxygen atoms in total. The lowest BCUT2D eigenvalue weighted by molar-refractivity contribution is -0.305. The molecule has 1 heterocycles. The van der Waals surface area contributed by atoms with E-state index in [1.807, 2.05) is 6.08 Å². The van der Waals surface area contributed by atoms with Crippen molar-refractivity contribution in [3.8, 4) is 0 Å². The number of nitrogens with one attached hydrogen (secondary N) is 1. The van der Waals surface area contributed by atoms with Crippen LogP contribution in [0.5, 0.6) is 0 Å². The van der Waals surface area contributed by atoms with Gasteiger partial charge in [-0.05, 0) is 77.0 Å². The van der Waals surface area contributed by atoms with E-state index in [1.54, 1.807) is 6.08 Å². The Hall–Kier alpha value is -3.16. The zero-order valence-corrected chi connectivity index (χ0v) is 52.6. The van der Waals surface area contributed by atoms with Crippen LogP contribution in [0.1, 0.15) is 290 Å². The largest absolute Gasteiger partial charge is 0.454 e. The SMILES string of the molecule is CC/C=C\C/C=C\C/C=C\C/C=C\C/C=C\C/C=C\CCCCCCCCCCC(=O)OC1C(OCC(NC(=O)C(O)CCCCCCCCCCCCCCCC)C(O)/C=C/CCCCCCCCCCCC)OC(CO)C(O)C1O. The van der Waals surface area contributed by atoms with Crippen molar-refractivity contribution in [2.24, 2.45) is 0 Å². The van der Waals surface area contributed by atoms with Crippen LogP contribution in [0.2, 0.25) is 0 Å². The maximum Gasteiger partial charge on any atom is 0.306 e. The van der Waals surface area contributed by atoms with Crippen molar-refractivity contribution in [3.63, 3.8) is 0 Å². The minimum absolute atomic E-state index is 0.111. The molecule has 0 spiro atoms. The highest BCUT2D eigenvalue weighted by molar-refractivity contribution is 5.80. The van der Waals surface area contributed by atoms with Crippen molar-refractivity contribution in [2.45, 2.75) is 339 Å². The summed E-state index contributed by atoms with van der Waals surface area (Å²) in [6.45, 7) is 5.69. The summed E-state index contributed by atoms with van der Waals surface area (Å²) in [7, 11) is 0. The molecule has 0 aliphatic carbocycles. The van der Waals surface area contributed by atoms with E-state index in [9.17, 15) is 35.1 Å². The highest BCUT2D eigenvalue weighted by Crippen LogP contribution is 2.26. The van der Waals surface area contributed by atoms with E-state index in [-0.39, 0.29) is 13.0 Å². The van der Waals surface area contributed by atoms with Crippen molar-refractivity contribution < 1.29 is 49.3 Å². The molecule has 0 aromatic heterocycles. The fourth-order valence-corrected chi connectivity index (χ4v) is 10.2. The Morgan fingerprint density at radius 3 is 1.32 bits per heavy atom. The van der Waals surface area contributed by atoms with Gasteiger partial charge in [0.15, 0.2) is 12.4 Å². The predicted octanol–water partition coefficient (Wildman–Crippen LogP) is 16.9. The zero-order chi connectivity index (χ0) is 59.6. The second-order valence-corrected chi connectivity index (χ2v) is 23.2. The first-order valence-corrected chi connectivity index (χ1v) is 33.9. The molecule has 1 aliphatic heterocycles. The Morgan fingerprint density at radius 2 is 0.878 bits per heavy atom. The number of aliphatic hydroxyl groups is 5. The number of hydrogen-bond acceptors (Lipinski definition) is 10. The van der Waals surface area contributed by atoms with Crippen LogP contribution in [-0.4, -0.2) is 99.6 Å². The number of allylic oxidation sites excluding steroid dienone is 13. The van der Waals surface area contributed by atoms with E-state index in [0.717, 1.165) is 109 Å². The van der Waals surface area contributed by atoms with Gasteiger partial charge in [0.2, 0.25) is 5.91 Å². The number of hydrogen-bond donors (Lipinski definition) is 6. The van der Waals surface area contributed by atoms with Gasteiger partial charge in [0.05, 0.1) is 25.4 Å². The molecule has 8 unspecified atom stereocenters. The van der Waals surface area contributed by atoms with Crippen molar-refractivity contribution >= 4 is 11.9 Å². The smallest absolute Gasteiger partial charge is 0.306 e. The quantitative estimate of drug-likeness (QED) is 0.0195. The third-order valence-electron chi connectivity index (χ3n) is 15.6. The molecule has 0 radical (unpaired) electrons. The van der Waals surface area contributed by atoms with E-state index in [2.05, 4.69) is 99.0 Å². The molecule has 11 heteroatoms. The summed E-state index contributed by atoms with van der Waals surface area (Å²) in [5, 5.41) is 57.1. The third kappa shape index (κ3) is 45.2. The van der Waals surface area contributed by atoms with Crippen molar-refractivity contribution in [1.29, 1.82) is 0 Å². The average molecular weight is 1150 g/mol. The molecule has 0 bridgehead atoms. The number of carbonyl (C=O) groups is 2. The third-order valence-corrected chi connectivity index (χ3v) is 15.6. The number of rotatable bonds is 57. The highest BCUT2D eigenvalue weighted by atomic mass is 16.7. The van der Waals surface area contributed by atoms with E-state index in [0.29, 0.717) is 19.3 Å². The summed E-state index contributed by atoms with van der Waals surface area (Å²) in [6, 6.07) is -1.03. The highest BCUT2D eigenvalue weighted by Gasteiger charge is 2.47. The minimum atomic E-state index is -1.62. The van der Waals surface area contributed by atoms with Gasteiger partial charge in [0, 0.05) is 6.42 Å².